The summed E-state index contributed by atoms with van der Waals surface area (Å²) in [4.78, 5) is 13.5. The van der Waals surface area contributed by atoms with Crippen LogP contribution in [0.4, 0.5) is 10.2 Å². The highest BCUT2D eigenvalue weighted by atomic mass is 19.1. The molecule has 4 aromatic heterocycles. The predicted octanol–water partition coefficient (Wildman–Crippen LogP) is 3.40. The van der Waals surface area contributed by atoms with E-state index in [1.165, 1.54) is 12.3 Å². The molecule has 1 N–H and O–H groups in total. The fourth-order valence-electron chi connectivity index (χ4n) is 5.48. The first-order valence-corrected chi connectivity index (χ1v) is 13.1. The van der Waals surface area contributed by atoms with E-state index in [0.29, 0.717) is 35.5 Å². The van der Waals surface area contributed by atoms with Gasteiger partial charge in [-0.3, -0.25) is 4.90 Å². The molecule has 3 saturated heterocycles. The van der Waals surface area contributed by atoms with Crippen molar-refractivity contribution in [2.75, 3.05) is 24.6 Å². The van der Waals surface area contributed by atoms with Crippen LogP contribution in [0.1, 0.15) is 37.1 Å². The van der Waals surface area contributed by atoms with Gasteiger partial charge >= 0.3 is 0 Å². The first kappa shape index (κ1) is 25.8. The minimum atomic E-state index is -0.995. The van der Waals surface area contributed by atoms with Gasteiger partial charge in [-0.2, -0.15) is 10.4 Å². The second-order valence-corrected chi connectivity index (χ2v) is 11.0. The van der Waals surface area contributed by atoms with Gasteiger partial charge in [0.2, 0.25) is 0 Å². The predicted molar refractivity (Wildman–Crippen MR) is 147 cm³/mol. The van der Waals surface area contributed by atoms with Gasteiger partial charge in [0.25, 0.3) is 0 Å². The second kappa shape index (κ2) is 9.91. The number of pyridine rings is 3. The van der Waals surface area contributed by atoms with Gasteiger partial charge in [0.1, 0.15) is 29.9 Å². The number of terminal acetylenes is 1. The van der Waals surface area contributed by atoms with Crippen LogP contribution >= 0.6 is 0 Å². The Hall–Kier alpha value is -4.51. The average molecular weight is 538 g/mol. The molecule has 3 aliphatic heterocycles. The molecule has 3 fully saturated rings. The van der Waals surface area contributed by atoms with E-state index in [1.54, 1.807) is 37.0 Å². The normalized spacial score (nSPS) is 18.7. The number of piperidine rings is 1. The summed E-state index contributed by atoms with van der Waals surface area (Å²) < 4.78 is 21.5. The van der Waals surface area contributed by atoms with Gasteiger partial charge in [-0.15, -0.1) is 6.42 Å². The molecule has 2 atom stereocenters. The van der Waals surface area contributed by atoms with Gasteiger partial charge in [0.15, 0.2) is 5.82 Å². The van der Waals surface area contributed by atoms with Crippen LogP contribution in [0, 0.1) is 29.5 Å². The minimum Gasteiger partial charge on any atom is -0.489 e. The van der Waals surface area contributed by atoms with Crippen LogP contribution in [0.5, 0.6) is 5.75 Å². The van der Waals surface area contributed by atoms with E-state index in [1.807, 2.05) is 18.2 Å². The van der Waals surface area contributed by atoms with Crippen LogP contribution in [0.25, 0.3) is 16.6 Å². The molecule has 0 spiro atoms. The zero-order chi connectivity index (χ0) is 28.0. The van der Waals surface area contributed by atoms with Crippen LogP contribution in [-0.2, 0) is 6.54 Å². The van der Waals surface area contributed by atoms with E-state index in [0.717, 1.165) is 42.0 Å². The highest BCUT2D eigenvalue weighted by molar-refractivity contribution is 5.85. The number of rotatable bonds is 7. The van der Waals surface area contributed by atoms with Gasteiger partial charge in [-0.05, 0) is 56.0 Å². The molecular formula is C30H28FN7O2. The zero-order valence-electron chi connectivity index (χ0n) is 22.3. The van der Waals surface area contributed by atoms with E-state index < -0.39 is 11.4 Å². The Morgan fingerprint density at radius 3 is 2.62 bits per heavy atom. The molecule has 0 saturated carbocycles. The molecule has 7 heterocycles. The maximum atomic E-state index is 14.1. The number of ether oxygens (including phenoxy) is 1. The number of halogens is 1. The van der Waals surface area contributed by atoms with E-state index in [9.17, 15) is 14.8 Å². The van der Waals surface area contributed by atoms with Crippen molar-refractivity contribution < 1.29 is 14.2 Å². The largest absolute Gasteiger partial charge is 0.489 e. The highest BCUT2D eigenvalue weighted by Crippen LogP contribution is 2.36. The number of nitrogens with zero attached hydrogens (tertiary/aromatic N) is 7. The summed E-state index contributed by atoms with van der Waals surface area (Å²) in [5.41, 5.74) is 2.58. The summed E-state index contributed by atoms with van der Waals surface area (Å²) in [6.07, 6.45) is 13.1. The third-order valence-corrected chi connectivity index (χ3v) is 7.43. The molecule has 9 nitrogen and oxygen atoms in total. The van der Waals surface area contributed by atoms with E-state index in [2.05, 4.69) is 31.9 Å². The lowest BCUT2D eigenvalue weighted by Crippen LogP contribution is -2.68. The molecule has 40 heavy (non-hydrogen) atoms. The van der Waals surface area contributed by atoms with Crippen LogP contribution in [-0.4, -0.2) is 67.0 Å². The Labute approximate surface area is 231 Å². The number of piperazine rings is 1. The van der Waals surface area contributed by atoms with Gasteiger partial charge < -0.3 is 14.7 Å². The second-order valence-electron chi connectivity index (χ2n) is 11.0. The smallest absolute Gasteiger partial charge is 0.157 e. The van der Waals surface area contributed by atoms with Crippen molar-refractivity contribution in [2.45, 2.75) is 44.5 Å². The maximum absolute atomic E-state index is 14.1. The van der Waals surface area contributed by atoms with Gasteiger partial charge in [-0.1, -0.05) is 0 Å². The SMILES string of the molecule is C#Cc1ncc(CN2C3CC2CN(c2ccc(-c4cc(OCC(C)(C)O)cn5ncc(C#N)c45)cn2)C3)cc1F. The van der Waals surface area contributed by atoms with Crippen molar-refractivity contribution in [3.05, 3.63) is 71.7 Å². The van der Waals surface area contributed by atoms with Crippen LogP contribution in [0.3, 0.4) is 0 Å². The number of fused-ring (bicyclic) bond motifs is 3. The fourth-order valence-corrected chi connectivity index (χ4v) is 5.48. The molecule has 202 valence electrons. The number of aliphatic hydroxyl groups is 1. The Balaban J connectivity index is 1.19. The average Bonchev–Trinajstić information content (AvgIpc) is 3.37. The van der Waals surface area contributed by atoms with Crippen molar-refractivity contribution in [1.29, 1.82) is 5.26 Å². The Bertz CT molecular complexity index is 1650. The lowest BCUT2D eigenvalue weighted by Gasteiger charge is -2.56. The summed E-state index contributed by atoms with van der Waals surface area (Å²) in [5.74, 6) is 3.21. The molecule has 2 bridgehead atoms. The Morgan fingerprint density at radius 1 is 1.18 bits per heavy atom. The lowest BCUT2D eigenvalue weighted by molar-refractivity contribution is -0.00882. The zero-order valence-corrected chi connectivity index (χ0v) is 22.3. The molecule has 0 radical (unpaired) electrons. The standard InChI is InChI=1S/C30H28FN7O2/c1-4-27-26(31)7-19(11-33-27)14-37-22-8-23(37)16-36(15-22)28-6-5-20(12-34-28)25-9-24(40-18-30(2,3)39)17-38-29(25)21(10-32)13-35-38/h1,5-7,9,11-13,17,22-23,39H,8,14-16,18H2,2-3H3. The summed E-state index contributed by atoms with van der Waals surface area (Å²) >= 11 is 0. The molecule has 3 aliphatic rings. The number of nitriles is 1. The molecule has 0 amide bonds. The Morgan fingerprint density at radius 2 is 1.98 bits per heavy atom. The Kier molecular flexibility index (Phi) is 6.38. The first-order valence-electron chi connectivity index (χ1n) is 13.1. The van der Waals surface area contributed by atoms with Crippen molar-refractivity contribution in [2.24, 2.45) is 0 Å². The molecule has 10 heteroatoms. The molecule has 0 aliphatic carbocycles. The molecule has 2 unspecified atom stereocenters. The number of anilines is 1. The summed E-state index contributed by atoms with van der Waals surface area (Å²) in [5, 5.41) is 24.1. The number of hydrogen-bond acceptors (Lipinski definition) is 8. The summed E-state index contributed by atoms with van der Waals surface area (Å²) in [7, 11) is 0. The van der Waals surface area contributed by atoms with Crippen LogP contribution < -0.4 is 9.64 Å². The molecule has 7 rings (SSSR count). The highest BCUT2D eigenvalue weighted by Gasteiger charge is 2.44. The monoisotopic (exact) mass is 537 g/mol. The van der Waals surface area contributed by atoms with Crippen LogP contribution in [0.2, 0.25) is 0 Å². The third kappa shape index (κ3) is 4.84. The lowest BCUT2D eigenvalue weighted by atomic mass is 9.87. The van der Waals surface area contributed by atoms with E-state index >= 15 is 0 Å². The maximum Gasteiger partial charge on any atom is 0.157 e. The molecule has 4 aromatic rings. The van der Waals surface area contributed by atoms with Gasteiger partial charge in [0.05, 0.1) is 29.1 Å². The van der Waals surface area contributed by atoms with Crippen molar-refractivity contribution >= 4 is 11.3 Å². The number of aromatic nitrogens is 4. The summed E-state index contributed by atoms with van der Waals surface area (Å²) in [6, 6.07) is 10.2. The van der Waals surface area contributed by atoms with Crippen molar-refractivity contribution in [3.63, 3.8) is 0 Å². The van der Waals surface area contributed by atoms with Crippen LogP contribution in [0.15, 0.2) is 49.1 Å². The topological polar surface area (TPSA) is 103 Å². The quantitative estimate of drug-likeness (QED) is 0.358. The van der Waals surface area contributed by atoms with Gasteiger partial charge in [0, 0.05) is 55.2 Å². The van der Waals surface area contributed by atoms with Crippen molar-refractivity contribution in [1.82, 2.24) is 24.5 Å². The van der Waals surface area contributed by atoms with Gasteiger partial charge in [-0.25, -0.2) is 18.9 Å². The van der Waals surface area contributed by atoms with E-state index in [-0.39, 0.29) is 12.3 Å². The number of hydrogen-bond donors (Lipinski definition) is 1. The molecular weight excluding hydrogens is 509 g/mol. The minimum absolute atomic E-state index is 0.0411. The molecule has 0 aromatic carbocycles. The van der Waals surface area contributed by atoms with Crippen molar-refractivity contribution in [3.8, 4) is 35.3 Å². The third-order valence-electron chi connectivity index (χ3n) is 7.43. The van der Waals surface area contributed by atoms with E-state index in [4.69, 9.17) is 16.1 Å². The summed E-state index contributed by atoms with van der Waals surface area (Å²) in [6.45, 7) is 5.75. The fraction of sp³-hybridized carbons (Fsp3) is 0.333. The first-order chi connectivity index (χ1) is 19.2.